The molecule has 116 valence electrons. The summed E-state index contributed by atoms with van der Waals surface area (Å²) in [6, 6.07) is 9.94. The van der Waals surface area contributed by atoms with Crippen molar-refractivity contribution >= 4 is 11.7 Å². The minimum Gasteiger partial charge on any atom is -0.381 e. The molecule has 2 amide bonds. The summed E-state index contributed by atoms with van der Waals surface area (Å²) in [5.74, 6) is 0. The Hall–Kier alpha value is -2.34. The minimum absolute atomic E-state index is 0.226. The van der Waals surface area contributed by atoms with Gasteiger partial charge in [0.15, 0.2) is 0 Å². The molecule has 2 heterocycles. The van der Waals surface area contributed by atoms with Crippen LogP contribution in [0, 0.1) is 0 Å². The molecule has 0 unspecified atom stereocenters. The number of carbonyl (C=O) groups is 1. The van der Waals surface area contributed by atoms with E-state index >= 15 is 0 Å². The summed E-state index contributed by atoms with van der Waals surface area (Å²) >= 11 is 0. The first-order valence-corrected chi connectivity index (χ1v) is 7.52. The highest BCUT2D eigenvalue weighted by Gasteiger charge is 2.16. The first-order chi connectivity index (χ1) is 10.8. The van der Waals surface area contributed by atoms with Gasteiger partial charge < -0.3 is 15.4 Å². The second kappa shape index (κ2) is 7.09. The van der Waals surface area contributed by atoms with Gasteiger partial charge in [0.25, 0.3) is 0 Å². The summed E-state index contributed by atoms with van der Waals surface area (Å²) in [6.45, 7) is 2.04. The number of carbonyl (C=O) groups excluding carboxylic acids is 1. The van der Waals surface area contributed by atoms with Crippen molar-refractivity contribution in [3.63, 3.8) is 0 Å². The van der Waals surface area contributed by atoms with E-state index in [-0.39, 0.29) is 6.03 Å². The van der Waals surface area contributed by atoms with Crippen molar-refractivity contribution in [2.75, 3.05) is 18.5 Å². The highest BCUT2D eigenvalue weighted by atomic mass is 16.5. The van der Waals surface area contributed by atoms with Crippen molar-refractivity contribution in [1.82, 2.24) is 15.1 Å². The molecule has 0 saturated carbocycles. The molecule has 6 heteroatoms. The third-order valence-corrected chi connectivity index (χ3v) is 3.72. The average molecular weight is 300 g/mol. The summed E-state index contributed by atoms with van der Waals surface area (Å²) in [6.07, 6.45) is 5.47. The van der Waals surface area contributed by atoms with Crippen LogP contribution in [0.25, 0.3) is 0 Å². The van der Waals surface area contributed by atoms with Crippen molar-refractivity contribution in [3.05, 3.63) is 48.3 Å². The van der Waals surface area contributed by atoms with Crippen LogP contribution in [0.4, 0.5) is 10.5 Å². The smallest absolute Gasteiger partial charge is 0.319 e. The molecular formula is C16H20N4O2. The van der Waals surface area contributed by atoms with Crippen LogP contribution in [0.1, 0.15) is 24.4 Å². The van der Waals surface area contributed by atoms with Gasteiger partial charge in [-0.2, -0.15) is 5.10 Å². The standard InChI is InChI=1S/C16H20N4O2/c21-16(17-10-13-4-2-1-3-5-13)19-14-11-18-20(12-14)15-6-8-22-9-7-15/h1-5,11-12,15H,6-10H2,(H2,17,19,21). The molecule has 0 bridgehead atoms. The normalized spacial score (nSPS) is 15.5. The van der Waals surface area contributed by atoms with Crippen molar-refractivity contribution in [1.29, 1.82) is 0 Å². The number of hydrogen-bond acceptors (Lipinski definition) is 3. The van der Waals surface area contributed by atoms with Crippen LogP contribution in [0.2, 0.25) is 0 Å². The number of benzene rings is 1. The topological polar surface area (TPSA) is 68.2 Å². The zero-order valence-corrected chi connectivity index (χ0v) is 12.4. The Bertz CT molecular complexity index is 606. The van der Waals surface area contributed by atoms with Gasteiger partial charge in [-0.05, 0) is 18.4 Å². The monoisotopic (exact) mass is 300 g/mol. The van der Waals surface area contributed by atoms with Crippen LogP contribution in [-0.2, 0) is 11.3 Å². The number of urea groups is 1. The van der Waals surface area contributed by atoms with Crippen molar-refractivity contribution in [2.24, 2.45) is 0 Å². The van der Waals surface area contributed by atoms with Crippen LogP contribution >= 0.6 is 0 Å². The Morgan fingerprint density at radius 1 is 1.27 bits per heavy atom. The van der Waals surface area contributed by atoms with Gasteiger partial charge in [0.05, 0.1) is 17.9 Å². The predicted octanol–water partition coefficient (Wildman–Crippen LogP) is 2.56. The van der Waals surface area contributed by atoms with E-state index in [1.54, 1.807) is 6.20 Å². The largest absolute Gasteiger partial charge is 0.381 e. The zero-order valence-electron chi connectivity index (χ0n) is 12.4. The van der Waals surface area contributed by atoms with Gasteiger partial charge in [0, 0.05) is 26.0 Å². The van der Waals surface area contributed by atoms with E-state index in [0.29, 0.717) is 18.3 Å². The maximum Gasteiger partial charge on any atom is 0.319 e. The Balaban J connectivity index is 1.50. The van der Waals surface area contributed by atoms with Crippen LogP contribution in [0.5, 0.6) is 0 Å². The van der Waals surface area contributed by atoms with Gasteiger partial charge in [-0.1, -0.05) is 30.3 Å². The molecule has 1 aromatic heterocycles. The average Bonchev–Trinajstić information content (AvgIpc) is 3.03. The molecule has 0 spiro atoms. The van der Waals surface area contributed by atoms with Crippen LogP contribution < -0.4 is 10.6 Å². The maximum absolute atomic E-state index is 11.9. The lowest BCUT2D eigenvalue weighted by atomic mass is 10.1. The summed E-state index contributed by atoms with van der Waals surface area (Å²) in [4.78, 5) is 11.9. The first kappa shape index (κ1) is 14.6. The van der Waals surface area contributed by atoms with E-state index in [2.05, 4.69) is 15.7 Å². The molecule has 0 radical (unpaired) electrons. The first-order valence-electron chi connectivity index (χ1n) is 7.52. The Morgan fingerprint density at radius 2 is 2.05 bits per heavy atom. The predicted molar refractivity (Wildman–Crippen MR) is 83.6 cm³/mol. The van der Waals surface area contributed by atoms with Crippen molar-refractivity contribution in [2.45, 2.75) is 25.4 Å². The fourth-order valence-electron chi connectivity index (χ4n) is 2.51. The molecule has 2 N–H and O–H groups in total. The fourth-order valence-corrected chi connectivity index (χ4v) is 2.51. The maximum atomic E-state index is 11.9. The van der Waals surface area contributed by atoms with Gasteiger partial charge in [0.1, 0.15) is 0 Å². The molecule has 1 aromatic carbocycles. The van der Waals surface area contributed by atoms with Gasteiger partial charge in [-0.15, -0.1) is 0 Å². The number of ether oxygens (including phenoxy) is 1. The summed E-state index contributed by atoms with van der Waals surface area (Å²) in [5, 5.41) is 9.97. The molecule has 22 heavy (non-hydrogen) atoms. The Morgan fingerprint density at radius 3 is 2.82 bits per heavy atom. The van der Waals surface area contributed by atoms with E-state index in [1.165, 1.54) is 0 Å². The molecule has 1 aliphatic heterocycles. The van der Waals surface area contributed by atoms with Crippen LogP contribution in [0.15, 0.2) is 42.7 Å². The van der Waals surface area contributed by atoms with E-state index in [0.717, 1.165) is 31.6 Å². The quantitative estimate of drug-likeness (QED) is 0.912. The van der Waals surface area contributed by atoms with Gasteiger partial charge in [-0.25, -0.2) is 4.79 Å². The van der Waals surface area contributed by atoms with Gasteiger partial charge in [-0.3, -0.25) is 4.68 Å². The van der Waals surface area contributed by atoms with Gasteiger partial charge in [0.2, 0.25) is 0 Å². The summed E-state index contributed by atoms with van der Waals surface area (Å²) in [5.41, 5.74) is 1.77. The number of nitrogens with zero attached hydrogens (tertiary/aromatic N) is 2. The van der Waals surface area contributed by atoms with Gasteiger partial charge >= 0.3 is 6.03 Å². The second-order valence-corrected chi connectivity index (χ2v) is 5.35. The van der Waals surface area contributed by atoms with Crippen molar-refractivity contribution < 1.29 is 9.53 Å². The number of nitrogens with one attached hydrogen (secondary N) is 2. The lowest BCUT2D eigenvalue weighted by Gasteiger charge is -2.22. The van der Waals surface area contributed by atoms with E-state index < -0.39 is 0 Å². The number of amides is 2. The molecule has 2 aromatic rings. The molecule has 1 fully saturated rings. The van der Waals surface area contributed by atoms with Crippen LogP contribution in [0.3, 0.4) is 0 Å². The third-order valence-electron chi connectivity index (χ3n) is 3.72. The molecule has 1 aliphatic rings. The second-order valence-electron chi connectivity index (χ2n) is 5.35. The lowest BCUT2D eigenvalue weighted by Crippen LogP contribution is -2.28. The number of hydrogen-bond donors (Lipinski definition) is 2. The summed E-state index contributed by atoms with van der Waals surface area (Å²) in [7, 11) is 0. The van der Waals surface area contributed by atoms with Crippen molar-refractivity contribution in [3.8, 4) is 0 Å². The number of anilines is 1. The minimum atomic E-state index is -0.226. The number of rotatable bonds is 4. The van der Waals surface area contributed by atoms with E-state index in [4.69, 9.17) is 4.74 Å². The highest BCUT2D eigenvalue weighted by Crippen LogP contribution is 2.21. The molecule has 0 aliphatic carbocycles. The van der Waals surface area contributed by atoms with E-state index in [1.807, 2.05) is 41.2 Å². The molecule has 3 rings (SSSR count). The molecular weight excluding hydrogens is 280 g/mol. The molecule has 6 nitrogen and oxygen atoms in total. The molecule has 0 atom stereocenters. The Kier molecular flexibility index (Phi) is 4.70. The third kappa shape index (κ3) is 3.85. The van der Waals surface area contributed by atoms with E-state index in [9.17, 15) is 4.79 Å². The highest BCUT2D eigenvalue weighted by molar-refractivity contribution is 5.88. The molecule has 1 saturated heterocycles. The summed E-state index contributed by atoms with van der Waals surface area (Å²) < 4.78 is 7.26. The zero-order chi connectivity index (χ0) is 15.2. The number of aromatic nitrogens is 2. The fraction of sp³-hybridized carbons (Fsp3) is 0.375. The lowest BCUT2D eigenvalue weighted by molar-refractivity contribution is 0.0662. The SMILES string of the molecule is O=C(NCc1ccccc1)Nc1cnn(C2CCOCC2)c1. The van der Waals surface area contributed by atoms with Crippen LogP contribution in [-0.4, -0.2) is 29.0 Å². The Labute approximate surface area is 129 Å².